The van der Waals surface area contributed by atoms with Crippen LogP contribution in [0.3, 0.4) is 0 Å². The fourth-order valence-corrected chi connectivity index (χ4v) is 18.7. The molecule has 13 heteroatoms. The summed E-state index contributed by atoms with van der Waals surface area (Å²) in [6, 6.07) is -0.351. The lowest BCUT2D eigenvalue weighted by Gasteiger charge is -2.80. The summed E-state index contributed by atoms with van der Waals surface area (Å²) in [6.07, 6.45) is -0.699. The van der Waals surface area contributed by atoms with Crippen molar-refractivity contribution < 1.29 is 58.6 Å². The normalized spacial score (nSPS) is 65.5. The first-order valence-electron chi connectivity index (χ1n) is 20.3. The zero-order valence-electron chi connectivity index (χ0n) is 32.1. The monoisotopic (exact) mass is 759 g/mol. The molecule has 12 rings (SSSR count). The standard InChI is InChI=1S/C42H49NO12/c1-15(2)10-20-24-18(5)17(4)12-19-11-16(3)8-9-21(44)25-22-23(26(45)37(19,24)32(49)43-20)28-39-33(6)29(46)38(50)31(48)35-13-53-14-36(33,35)34(39,7)30(47)41(35,51)42(52,55-25)40(38,39)27(22)54-28/h11-12,15,18-25,27-28,44,50-52H,8-10,13-14H2,1-7H3,(H,43,49)/b16-11+/t18-,19+,20+,21-,22-,23-,24+,25-,27?,28?,33-,34+,35+,36?,37+,38-,39?,40?,41-,42+/m1/s1. The molecule has 0 aromatic heterocycles. The fourth-order valence-electron chi connectivity index (χ4n) is 18.7. The smallest absolute Gasteiger partial charge is 0.235 e. The van der Waals surface area contributed by atoms with Crippen LogP contribution in [0.25, 0.3) is 0 Å². The number of aliphatic hydroxyl groups is 4. The lowest BCUT2D eigenvalue weighted by atomic mass is 9.19. The Morgan fingerprint density at radius 2 is 1.62 bits per heavy atom. The number of fused-ring (bicyclic) bond motifs is 3. The summed E-state index contributed by atoms with van der Waals surface area (Å²) in [5.41, 5.74) is -17.7. The molecular weight excluding hydrogens is 710 g/mol. The number of nitrogens with one attached hydrogen (secondary N) is 1. The quantitative estimate of drug-likeness (QED) is 0.191. The van der Waals surface area contributed by atoms with Crippen molar-refractivity contribution in [2.24, 2.45) is 73.4 Å². The Labute approximate surface area is 317 Å². The summed E-state index contributed by atoms with van der Waals surface area (Å²) in [5.74, 6) is -10.4. The summed E-state index contributed by atoms with van der Waals surface area (Å²) in [4.78, 5) is 77.8. The minimum absolute atomic E-state index is 0.0859. The van der Waals surface area contributed by atoms with Gasteiger partial charge in [-0.1, -0.05) is 57.9 Å². The molecule has 7 aliphatic carbocycles. The second-order valence-corrected chi connectivity index (χ2v) is 20.7. The minimum atomic E-state index is -3.10. The fraction of sp³-hybridized carbons (Fsp3) is 0.786. The lowest BCUT2D eigenvalue weighted by molar-refractivity contribution is -0.468. The van der Waals surface area contributed by atoms with Crippen molar-refractivity contribution in [1.29, 1.82) is 0 Å². The predicted octanol–water partition coefficient (Wildman–Crippen LogP) is 0.343. The van der Waals surface area contributed by atoms with Crippen molar-refractivity contribution in [2.75, 3.05) is 13.2 Å². The molecule has 0 aromatic carbocycles. The van der Waals surface area contributed by atoms with Crippen LogP contribution in [0.4, 0.5) is 0 Å². The third kappa shape index (κ3) is 2.30. The van der Waals surface area contributed by atoms with Crippen molar-refractivity contribution in [2.45, 2.75) is 115 Å². The highest BCUT2D eigenvalue weighted by molar-refractivity contribution is 6.31. The van der Waals surface area contributed by atoms with Gasteiger partial charge in [-0.25, -0.2) is 0 Å². The largest absolute Gasteiger partial charge is 0.390 e. The van der Waals surface area contributed by atoms with Crippen LogP contribution in [-0.4, -0.2) is 110 Å². The first kappa shape index (κ1) is 34.4. The van der Waals surface area contributed by atoms with E-state index in [1.165, 1.54) is 0 Å². The second-order valence-electron chi connectivity index (χ2n) is 20.7. The molecule has 13 nitrogen and oxygen atoms in total. The van der Waals surface area contributed by atoms with E-state index in [9.17, 15) is 20.4 Å². The van der Waals surface area contributed by atoms with Gasteiger partial charge in [0, 0.05) is 45.5 Å². The van der Waals surface area contributed by atoms with Crippen molar-refractivity contribution in [3.05, 3.63) is 23.3 Å². The average Bonchev–Trinajstić information content (AvgIpc) is 3.91. The minimum Gasteiger partial charge on any atom is -0.390 e. The maximum absolute atomic E-state index is 16.5. The van der Waals surface area contributed by atoms with Crippen molar-refractivity contribution in [1.82, 2.24) is 5.32 Å². The number of aliphatic hydroxyl groups excluding tert-OH is 1. The van der Waals surface area contributed by atoms with E-state index in [1.54, 1.807) is 13.8 Å². The Morgan fingerprint density at radius 1 is 0.927 bits per heavy atom. The molecule has 5 saturated carbocycles. The Hall–Kier alpha value is -2.65. The second kappa shape index (κ2) is 8.70. The van der Waals surface area contributed by atoms with Gasteiger partial charge in [-0.05, 0) is 44.9 Å². The van der Waals surface area contributed by atoms with Gasteiger partial charge in [-0.2, -0.15) is 0 Å². The number of hydrogen-bond donors (Lipinski definition) is 5. The maximum Gasteiger partial charge on any atom is 0.235 e. The molecule has 5 heterocycles. The van der Waals surface area contributed by atoms with E-state index in [-0.39, 0.29) is 30.9 Å². The van der Waals surface area contributed by atoms with Gasteiger partial charge in [0.15, 0.2) is 34.3 Å². The summed E-state index contributed by atoms with van der Waals surface area (Å²) < 4.78 is 19.8. The summed E-state index contributed by atoms with van der Waals surface area (Å²) in [5, 5.41) is 55.4. The molecular formula is C42H49NO12. The molecule has 5 unspecified atom stereocenters. The zero-order chi connectivity index (χ0) is 39.2. The van der Waals surface area contributed by atoms with Crippen molar-refractivity contribution in [3.8, 4) is 0 Å². The molecule has 294 valence electrons. The molecule has 10 fully saturated rings. The van der Waals surface area contributed by atoms with Gasteiger partial charge < -0.3 is 40.0 Å². The predicted molar refractivity (Wildman–Crippen MR) is 185 cm³/mol. The third-order valence-corrected chi connectivity index (χ3v) is 19.7. The van der Waals surface area contributed by atoms with E-state index in [0.717, 1.165) is 11.1 Å². The Balaban J connectivity index is 1.19. The summed E-state index contributed by atoms with van der Waals surface area (Å²) >= 11 is 0. The Morgan fingerprint density at radius 3 is 2.31 bits per heavy atom. The molecule has 5 saturated heterocycles. The summed E-state index contributed by atoms with van der Waals surface area (Å²) in [6.45, 7) is 12.5. The van der Waals surface area contributed by atoms with Crippen LogP contribution in [0.2, 0.25) is 0 Å². The summed E-state index contributed by atoms with van der Waals surface area (Å²) in [7, 11) is 0. The van der Waals surface area contributed by atoms with Crippen LogP contribution >= 0.6 is 0 Å². The van der Waals surface area contributed by atoms with Crippen LogP contribution in [0.5, 0.6) is 0 Å². The van der Waals surface area contributed by atoms with Crippen LogP contribution < -0.4 is 5.32 Å². The molecule has 5 bridgehead atoms. The van der Waals surface area contributed by atoms with E-state index in [1.807, 2.05) is 32.9 Å². The van der Waals surface area contributed by atoms with E-state index in [0.29, 0.717) is 12.8 Å². The first-order valence-corrected chi connectivity index (χ1v) is 20.3. The van der Waals surface area contributed by atoms with Gasteiger partial charge in [-0.3, -0.25) is 24.0 Å². The Kier molecular flexibility index (Phi) is 5.44. The topological polar surface area (TPSA) is 206 Å². The zero-order valence-corrected chi connectivity index (χ0v) is 32.1. The van der Waals surface area contributed by atoms with E-state index in [2.05, 4.69) is 19.2 Å². The number of hydrogen-bond acceptors (Lipinski definition) is 12. The van der Waals surface area contributed by atoms with Crippen molar-refractivity contribution in [3.63, 3.8) is 0 Å². The molecule has 0 aromatic rings. The molecule has 5 N–H and O–H groups in total. The number of rotatable bonds is 2. The van der Waals surface area contributed by atoms with E-state index >= 15 is 24.0 Å². The number of ketones is 4. The number of Topliss-reactive ketones (excluding diaryl/α,β-unsaturated/α-hetero) is 4. The van der Waals surface area contributed by atoms with Crippen molar-refractivity contribution >= 4 is 29.0 Å². The molecule has 5 spiro atoms. The van der Waals surface area contributed by atoms with Gasteiger partial charge >= 0.3 is 0 Å². The average molecular weight is 760 g/mol. The lowest BCUT2D eigenvalue weighted by Crippen LogP contribution is -2.95. The molecule has 12 aliphatic rings. The molecule has 1 amide bonds. The number of ether oxygens (including phenoxy) is 3. The first-order chi connectivity index (χ1) is 25.7. The van der Waals surface area contributed by atoms with Gasteiger partial charge in [0.25, 0.3) is 0 Å². The van der Waals surface area contributed by atoms with Crippen LogP contribution in [0.1, 0.15) is 67.7 Å². The molecule has 55 heavy (non-hydrogen) atoms. The number of allylic oxidation sites excluding steroid dienone is 4. The van der Waals surface area contributed by atoms with Crippen LogP contribution in [0.15, 0.2) is 23.3 Å². The molecule has 5 aliphatic heterocycles. The Bertz CT molecular complexity index is 2130. The van der Waals surface area contributed by atoms with Gasteiger partial charge in [0.2, 0.25) is 11.7 Å². The molecule has 20 atom stereocenters. The number of carbonyl (C=O) groups is 5. The number of carbonyl (C=O) groups excluding carboxylic acids is 5. The van der Waals surface area contributed by atoms with Crippen LogP contribution in [0, 0.1) is 73.4 Å². The maximum atomic E-state index is 16.5. The van der Waals surface area contributed by atoms with E-state index in [4.69, 9.17) is 14.2 Å². The SMILES string of the molecule is CC1=C[C@@H]2/C=C(\C)CC[C@@H](O)[C@H]3O[C@@]4(O)C56C7OC([C@@H](C(=O)[C@]28C(=O)N[C@@H](CC(C)C)[C@@H]8[C@@H]1C)[C@@H]73)C51[C@]2(C)C(=O)[C@@]6(O)C(=O)[C@@]35COCC23[C@]1(C)C(=O)[C@]45O. The van der Waals surface area contributed by atoms with Crippen LogP contribution in [-0.2, 0) is 38.2 Å². The highest BCUT2D eigenvalue weighted by Gasteiger charge is 3.24. The van der Waals surface area contributed by atoms with Gasteiger partial charge in [0.05, 0.1) is 43.5 Å². The molecule has 0 radical (unpaired) electrons. The van der Waals surface area contributed by atoms with E-state index < -0.39 is 139 Å². The van der Waals surface area contributed by atoms with Gasteiger partial charge in [0.1, 0.15) is 16.2 Å². The van der Waals surface area contributed by atoms with Gasteiger partial charge in [-0.15, -0.1) is 0 Å². The highest BCUT2D eigenvalue weighted by atomic mass is 16.7. The highest BCUT2D eigenvalue weighted by Crippen LogP contribution is 3.08. The number of amides is 1. The third-order valence-electron chi connectivity index (χ3n) is 19.7.